The molecule has 1 amide bonds. The summed E-state index contributed by atoms with van der Waals surface area (Å²) in [6, 6.07) is 11.1. The third-order valence-electron chi connectivity index (χ3n) is 3.08. The minimum absolute atomic E-state index is 0.0387. The van der Waals surface area contributed by atoms with Crippen molar-refractivity contribution in [3.8, 4) is 0 Å². The maximum Gasteiger partial charge on any atom is 0.270 e. The van der Waals surface area contributed by atoms with Crippen LogP contribution in [0.5, 0.6) is 0 Å². The SMILES string of the molecule is O=C1/C(=C\c2ccccn2)SC(=S)N1c1ccc([N+](=O)[O-])cc1. The molecule has 0 saturated carbocycles. The van der Waals surface area contributed by atoms with Gasteiger partial charge in [-0.3, -0.25) is 24.8 Å². The van der Waals surface area contributed by atoms with Gasteiger partial charge in [0.05, 0.1) is 21.2 Å². The second kappa shape index (κ2) is 6.27. The predicted molar refractivity (Wildman–Crippen MR) is 93.0 cm³/mol. The van der Waals surface area contributed by atoms with Crippen molar-refractivity contribution in [1.29, 1.82) is 0 Å². The van der Waals surface area contributed by atoms with E-state index in [1.54, 1.807) is 24.4 Å². The number of non-ortho nitro benzene ring substituents is 1. The predicted octanol–water partition coefficient (Wildman–Crippen LogP) is 3.40. The molecule has 0 bridgehead atoms. The Morgan fingerprint density at radius 3 is 2.57 bits per heavy atom. The van der Waals surface area contributed by atoms with E-state index in [1.165, 1.54) is 40.9 Å². The molecule has 0 spiro atoms. The highest BCUT2D eigenvalue weighted by atomic mass is 32.2. The summed E-state index contributed by atoms with van der Waals surface area (Å²) in [5.74, 6) is -0.264. The number of anilines is 1. The number of rotatable bonds is 3. The van der Waals surface area contributed by atoms with Gasteiger partial charge in [-0.15, -0.1) is 0 Å². The van der Waals surface area contributed by atoms with E-state index in [4.69, 9.17) is 12.2 Å². The van der Waals surface area contributed by atoms with Crippen molar-refractivity contribution in [1.82, 2.24) is 4.98 Å². The van der Waals surface area contributed by atoms with Gasteiger partial charge in [0.25, 0.3) is 11.6 Å². The van der Waals surface area contributed by atoms with E-state index in [9.17, 15) is 14.9 Å². The molecule has 0 atom stereocenters. The second-order valence-corrected chi connectivity index (χ2v) is 6.22. The van der Waals surface area contributed by atoms with E-state index >= 15 is 0 Å². The molecule has 0 unspecified atom stereocenters. The fourth-order valence-corrected chi connectivity index (χ4v) is 3.29. The summed E-state index contributed by atoms with van der Waals surface area (Å²) in [6.45, 7) is 0. The van der Waals surface area contributed by atoms with E-state index in [0.717, 1.165) is 0 Å². The molecule has 3 rings (SSSR count). The summed E-state index contributed by atoms with van der Waals surface area (Å²) in [5.41, 5.74) is 1.13. The van der Waals surface area contributed by atoms with Crippen molar-refractivity contribution in [2.24, 2.45) is 0 Å². The van der Waals surface area contributed by atoms with Gasteiger partial charge in [0.1, 0.15) is 0 Å². The van der Waals surface area contributed by atoms with Crippen molar-refractivity contribution in [2.45, 2.75) is 0 Å². The van der Waals surface area contributed by atoms with Crippen molar-refractivity contribution in [3.63, 3.8) is 0 Å². The topological polar surface area (TPSA) is 76.3 Å². The molecule has 1 saturated heterocycles. The van der Waals surface area contributed by atoms with Crippen molar-refractivity contribution >= 4 is 51.7 Å². The van der Waals surface area contributed by atoms with Crippen LogP contribution < -0.4 is 4.90 Å². The summed E-state index contributed by atoms with van der Waals surface area (Å²) in [4.78, 5) is 28.7. The molecule has 1 aliphatic heterocycles. The van der Waals surface area contributed by atoms with Gasteiger partial charge in [0.15, 0.2) is 4.32 Å². The lowest BCUT2D eigenvalue weighted by molar-refractivity contribution is -0.384. The Morgan fingerprint density at radius 1 is 1.22 bits per heavy atom. The fraction of sp³-hybridized carbons (Fsp3) is 0. The van der Waals surface area contributed by atoms with Crippen LogP contribution >= 0.6 is 24.0 Å². The molecule has 6 nitrogen and oxygen atoms in total. The van der Waals surface area contributed by atoms with Gasteiger partial charge in [-0.25, -0.2) is 0 Å². The number of nitro benzene ring substituents is 1. The molecule has 1 fully saturated rings. The number of nitrogens with zero attached hydrogens (tertiary/aromatic N) is 3. The average molecular weight is 343 g/mol. The lowest BCUT2D eigenvalue weighted by Crippen LogP contribution is -2.27. The monoisotopic (exact) mass is 343 g/mol. The van der Waals surface area contributed by atoms with Crippen molar-refractivity contribution in [3.05, 3.63) is 69.4 Å². The molecule has 114 valence electrons. The maximum atomic E-state index is 12.5. The van der Waals surface area contributed by atoms with Crippen LogP contribution in [0, 0.1) is 10.1 Å². The summed E-state index contributed by atoms with van der Waals surface area (Å²) in [5, 5.41) is 10.7. The lowest BCUT2D eigenvalue weighted by Gasteiger charge is -2.13. The minimum Gasteiger partial charge on any atom is -0.268 e. The maximum absolute atomic E-state index is 12.5. The number of carbonyl (C=O) groups excluding carboxylic acids is 1. The Kier molecular flexibility index (Phi) is 4.18. The Balaban J connectivity index is 1.90. The molecule has 1 aromatic carbocycles. The number of thiocarbonyl (C=S) groups is 1. The summed E-state index contributed by atoms with van der Waals surface area (Å²) >= 11 is 6.43. The Bertz CT molecular complexity index is 820. The number of hydrogen-bond acceptors (Lipinski definition) is 6. The minimum atomic E-state index is -0.491. The summed E-state index contributed by atoms with van der Waals surface area (Å²) in [6.07, 6.45) is 3.31. The van der Waals surface area contributed by atoms with E-state index in [2.05, 4.69) is 4.98 Å². The normalized spacial score (nSPS) is 16.2. The molecule has 23 heavy (non-hydrogen) atoms. The summed E-state index contributed by atoms with van der Waals surface area (Å²) < 4.78 is 0.381. The Labute approximate surface area is 141 Å². The van der Waals surface area contributed by atoms with Gasteiger partial charge in [-0.1, -0.05) is 30.0 Å². The zero-order valence-electron chi connectivity index (χ0n) is 11.6. The first-order valence-electron chi connectivity index (χ1n) is 6.50. The first kappa shape index (κ1) is 15.3. The van der Waals surface area contributed by atoms with Gasteiger partial charge in [0.2, 0.25) is 0 Å². The van der Waals surface area contributed by atoms with Crippen molar-refractivity contribution < 1.29 is 9.72 Å². The zero-order chi connectivity index (χ0) is 16.4. The van der Waals surface area contributed by atoms with E-state index < -0.39 is 4.92 Å². The Morgan fingerprint density at radius 2 is 1.96 bits per heavy atom. The molecule has 2 aromatic rings. The van der Waals surface area contributed by atoms with E-state index in [1.807, 2.05) is 6.07 Å². The number of aromatic nitrogens is 1. The van der Waals surface area contributed by atoms with Gasteiger partial charge < -0.3 is 0 Å². The first-order valence-corrected chi connectivity index (χ1v) is 7.72. The number of carbonyl (C=O) groups is 1. The fourth-order valence-electron chi connectivity index (χ4n) is 2.01. The highest BCUT2D eigenvalue weighted by molar-refractivity contribution is 8.27. The smallest absolute Gasteiger partial charge is 0.268 e. The van der Waals surface area contributed by atoms with Crippen molar-refractivity contribution in [2.75, 3.05) is 4.90 Å². The second-order valence-electron chi connectivity index (χ2n) is 4.55. The van der Waals surface area contributed by atoms with Gasteiger partial charge in [0, 0.05) is 18.3 Å². The van der Waals surface area contributed by atoms with Crippen LogP contribution in [-0.2, 0) is 4.79 Å². The van der Waals surface area contributed by atoms with Crippen LogP contribution in [0.4, 0.5) is 11.4 Å². The van der Waals surface area contributed by atoms with Crippen LogP contribution in [0.1, 0.15) is 5.69 Å². The molecular weight excluding hydrogens is 334 g/mol. The highest BCUT2D eigenvalue weighted by Crippen LogP contribution is 2.36. The average Bonchev–Trinajstić information content (AvgIpc) is 2.82. The molecule has 0 N–H and O–H groups in total. The number of pyridine rings is 1. The van der Waals surface area contributed by atoms with E-state index in [0.29, 0.717) is 20.6 Å². The van der Waals surface area contributed by atoms with Crippen LogP contribution in [-0.4, -0.2) is 20.1 Å². The van der Waals surface area contributed by atoms with Crippen LogP contribution in [0.25, 0.3) is 6.08 Å². The molecule has 8 heteroatoms. The third kappa shape index (κ3) is 3.13. The standard InChI is InChI=1S/C15H9N3O3S2/c19-14-13(9-10-3-1-2-8-16-10)23-15(22)17(14)11-4-6-12(7-5-11)18(20)21/h1-9H/b13-9+. The Hall–Kier alpha value is -2.58. The molecule has 0 radical (unpaired) electrons. The first-order chi connectivity index (χ1) is 11.1. The van der Waals surface area contributed by atoms with Crippen LogP contribution in [0.15, 0.2) is 53.6 Å². The van der Waals surface area contributed by atoms with Gasteiger partial charge in [-0.05, 0) is 30.3 Å². The molecule has 1 aliphatic rings. The highest BCUT2D eigenvalue weighted by Gasteiger charge is 2.33. The number of amides is 1. The molecule has 1 aromatic heterocycles. The van der Waals surface area contributed by atoms with Gasteiger partial charge in [-0.2, -0.15) is 0 Å². The van der Waals surface area contributed by atoms with Crippen LogP contribution in [0.2, 0.25) is 0 Å². The van der Waals surface area contributed by atoms with E-state index in [-0.39, 0.29) is 11.6 Å². The summed E-state index contributed by atoms with van der Waals surface area (Å²) in [7, 11) is 0. The molecule has 0 aliphatic carbocycles. The van der Waals surface area contributed by atoms with Crippen LogP contribution in [0.3, 0.4) is 0 Å². The number of hydrogen-bond donors (Lipinski definition) is 0. The zero-order valence-corrected chi connectivity index (χ0v) is 13.2. The molecule has 2 heterocycles. The number of thioether (sulfide) groups is 1. The lowest BCUT2D eigenvalue weighted by atomic mass is 10.2. The largest absolute Gasteiger partial charge is 0.270 e. The number of nitro groups is 1. The van der Waals surface area contributed by atoms with Gasteiger partial charge >= 0.3 is 0 Å². The number of benzene rings is 1. The quantitative estimate of drug-likeness (QED) is 0.368. The molecular formula is C15H9N3O3S2. The third-order valence-corrected chi connectivity index (χ3v) is 4.38.